The molecule has 1 aliphatic carbocycles. The normalized spacial score (nSPS) is 20.7. The van der Waals surface area contributed by atoms with Gasteiger partial charge in [-0.15, -0.1) is 0 Å². The summed E-state index contributed by atoms with van der Waals surface area (Å²) in [4.78, 5) is 10.6. The lowest BCUT2D eigenvalue weighted by atomic mass is 9.77. The van der Waals surface area contributed by atoms with Crippen molar-refractivity contribution in [3.63, 3.8) is 0 Å². The van der Waals surface area contributed by atoms with E-state index < -0.39 is 5.97 Å². The van der Waals surface area contributed by atoms with E-state index in [-0.39, 0.29) is 12.3 Å². The molecule has 1 rings (SSSR count). The van der Waals surface area contributed by atoms with Crippen molar-refractivity contribution in [2.75, 3.05) is 6.54 Å². The number of carboxylic acids is 1. The highest BCUT2D eigenvalue weighted by Crippen LogP contribution is 2.34. The Morgan fingerprint density at radius 2 is 2.20 bits per heavy atom. The van der Waals surface area contributed by atoms with Crippen LogP contribution in [0.5, 0.6) is 0 Å². The van der Waals surface area contributed by atoms with E-state index in [9.17, 15) is 4.79 Å². The molecule has 0 radical (unpaired) electrons. The maximum absolute atomic E-state index is 10.6. The first-order valence-electron chi connectivity index (χ1n) is 6.03. The summed E-state index contributed by atoms with van der Waals surface area (Å²) in [6.07, 6.45) is 6.58. The van der Waals surface area contributed by atoms with Crippen molar-refractivity contribution >= 4 is 5.97 Å². The van der Waals surface area contributed by atoms with Crippen molar-refractivity contribution in [3.8, 4) is 0 Å². The van der Waals surface area contributed by atoms with E-state index in [0.29, 0.717) is 12.5 Å². The van der Waals surface area contributed by atoms with Gasteiger partial charge in [-0.1, -0.05) is 26.2 Å². The average Bonchev–Trinajstić information content (AvgIpc) is 2.09. The molecule has 88 valence electrons. The van der Waals surface area contributed by atoms with Crippen LogP contribution < -0.4 is 5.73 Å². The van der Waals surface area contributed by atoms with E-state index in [1.54, 1.807) is 0 Å². The zero-order valence-electron chi connectivity index (χ0n) is 9.61. The van der Waals surface area contributed by atoms with Gasteiger partial charge in [0.25, 0.3) is 0 Å². The van der Waals surface area contributed by atoms with Crippen LogP contribution in [0.25, 0.3) is 0 Å². The molecule has 0 spiro atoms. The topological polar surface area (TPSA) is 63.3 Å². The highest BCUT2D eigenvalue weighted by molar-refractivity contribution is 5.67. The zero-order chi connectivity index (χ0) is 11.3. The fraction of sp³-hybridized carbons (Fsp3) is 0.917. The molecule has 3 N–H and O–H groups in total. The fourth-order valence-electron chi connectivity index (χ4n) is 2.47. The predicted octanol–water partition coefficient (Wildman–Crippen LogP) is 2.25. The van der Waals surface area contributed by atoms with Crippen LogP contribution >= 0.6 is 0 Å². The zero-order valence-corrected chi connectivity index (χ0v) is 9.61. The highest BCUT2D eigenvalue weighted by atomic mass is 16.4. The van der Waals surface area contributed by atoms with Crippen LogP contribution in [0.2, 0.25) is 0 Å². The molecule has 2 atom stereocenters. The Hall–Kier alpha value is -0.570. The summed E-state index contributed by atoms with van der Waals surface area (Å²) in [5.74, 6) is 0.977. The molecule has 1 fully saturated rings. The minimum absolute atomic E-state index is 0.164. The van der Waals surface area contributed by atoms with Gasteiger partial charge in [0, 0.05) is 6.42 Å². The molecule has 0 bridgehead atoms. The molecule has 1 saturated carbocycles. The molecule has 0 aromatic heterocycles. The number of nitrogens with two attached hydrogens (primary N) is 1. The molecule has 1 unspecified atom stereocenters. The molecule has 0 aliphatic heterocycles. The van der Waals surface area contributed by atoms with Gasteiger partial charge in [0.1, 0.15) is 0 Å². The van der Waals surface area contributed by atoms with Crippen LogP contribution in [-0.4, -0.2) is 17.6 Å². The van der Waals surface area contributed by atoms with Gasteiger partial charge in [-0.05, 0) is 37.1 Å². The van der Waals surface area contributed by atoms with Crippen molar-refractivity contribution in [3.05, 3.63) is 0 Å². The smallest absolute Gasteiger partial charge is 0.303 e. The summed E-state index contributed by atoms with van der Waals surface area (Å²) in [5.41, 5.74) is 5.58. The fourth-order valence-corrected chi connectivity index (χ4v) is 2.47. The molecule has 15 heavy (non-hydrogen) atoms. The van der Waals surface area contributed by atoms with E-state index in [1.165, 1.54) is 25.7 Å². The standard InChI is InChI=1S/C12H23NO2/c1-9(5-10-3-2-4-10)6-11(8-13)7-12(14)15/h9-11H,2-8,13H2,1H3,(H,14,15)/t9?,11-/m0/s1. The van der Waals surface area contributed by atoms with Gasteiger partial charge < -0.3 is 10.8 Å². The van der Waals surface area contributed by atoms with Crippen molar-refractivity contribution in [1.82, 2.24) is 0 Å². The summed E-state index contributed by atoms with van der Waals surface area (Å²) in [7, 11) is 0. The SMILES string of the molecule is CC(CC1CCC1)C[C@H](CN)CC(=O)O. The summed E-state index contributed by atoms with van der Waals surface area (Å²) in [6.45, 7) is 2.73. The van der Waals surface area contributed by atoms with Crippen LogP contribution in [0.4, 0.5) is 0 Å². The first-order chi connectivity index (χ1) is 7.11. The third kappa shape index (κ3) is 4.65. The number of hydrogen-bond acceptors (Lipinski definition) is 2. The number of aliphatic carboxylic acids is 1. The van der Waals surface area contributed by atoms with Gasteiger partial charge in [0.2, 0.25) is 0 Å². The van der Waals surface area contributed by atoms with Gasteiger partial charge >= 0.3 is 5.97 Å². The molecule has 0 amide bonds. The Morgan fingerprint density at radius 1 is 1.53 bits per heavy atom. The number of carbonyl (C=O) groups is 1. The third-order valence-corrected chi connectivity index (χ3v) is 3.49. The lowest BCUT2D eigenvalue weighted by Gasteiger charge is -2.29. The average molecular weight is 213 g/mol. The van der Waals surface area contributed by atoms with Crippen molar-refractivity contribution < 1.29 is 9.90 Å². The van der Waals surface area contributed by atoms with Gasteiger partial charge in [-0.25, -0.2) is 0 Å². The molecule has 1 aliphatic rings. The van der Waals surface area contributed by atoms with Crippen molar-refractivity contribution in [2.24, 2.45) is 23.5 Å². The second-order valence-electron chi connectivity index (χ2n) is 5.07. The Kier molecular flexibility index (Phi) is 5.09. The molecule has 0 aromatic carbocycles. The number of carboxylic acid groups (broad SMARTS) is 1. The first kappa shape index (κ1) is 12.5. The predicted molar refractivity (Wildman–Crippen MR) is 60.5 cm³/mol. The van der Waals surface area contributed by atoms with Crippen LogP contribution in [0.1, 0.15) is 45.4 Å². The van der Waals surface area contributed by atoms with Crippen LogP contribution in [-0.2, 0) is 4.79 Å². The summed E-state index contributed by atoms with van der Waals surface area (Å²) in [5, 5.41) is 8.71. The van der Waals surface area contributed by atoms with E-state index in [2.05, 4.69) is 6.92 Å². The number of rotatable bonds is 7. The third-order valence-electron chi connectivity index (χ3n) is 3.49. The second kappa shape index (κ2) is 6.11. The number of hydrogen-bond donors (Lipinski definition) is 2. The minimum Gasteiger partial charge on any atom is -0.481 e. The van der Waals surface area contributed by atoms with Gasteiger partial charge in [-0.2, -0.15) is 0 Å². The Bertz CT molecular complexity index is 202. The van der Waals surface area contributed by atoms with E-state index >= 15 is 0 Å². The monoisotopic (exact) mass is 213 g/mol. The lowest BCUT2D eigenvalue weighted by Crippen LogP contribution is -2.22. The Balaban J connectivity index is 2.20. The Labute approximate surface area is 92.0 Å². The van der Waals surface area contributed by atoms with E-state index in [0.717, 1.165) is 12.3 Å². The van der Waals surface area contributed by atoms with Gasteiger partial charge in [0.15, 0.2) is 0 Å². The molecule has 0 aromatic rings. The summed E-state index contributed by atoms with van der Waals surface area (Å²) in [6, 6.07) is 0. The second-order valence-corrected chi connectivity index (χ2v) is 5.07. The van der Waals surface area contributed by atoms with E-state index in [1.807, 2.05) is 0 Å². The molecule has 3 nitrogen and oxygen atoms in total. The maximum Gasteiger partial charge on any atom is 0.303 e. The maximum atomic E-state index is 10.6. The summed E-state index contributed by atoms with van der Waals surface area (Å²) < 4.78 is 0. The summed E-state index contributed by atoms with van der Waals surface area (Å²) >= 11 is 0. The largest absolute Gasteiger partial charge is 0.481 e. The first-order valence-corrected chi connectivity index (χ1v) is 6.03. The van der Waals surface area contributed by atoms with Crippen LogP contribution in [0.15, 0.2) is 0 Å². The van der Waals surface area contributed by atoms with Crippen molar-refractivity contribution in [2.45, 2.75) is 45.4 Å². The Morgan fingerprint density at radius 3 is 2.60 bits per heavy atom. The van der Waals surface area contributed by atoms with Crippen molar-refractivity contribution in [1.29, 1.82) is 0 Å². The van der Waals surface area contributed by atoms with Crippen LogP contribution in [0.3, 0.4) is 0 Å². The molecule has 0 saturated heterocycles. The molecular formula is C12H23NO2. The minimum atomic E-state index is -0.721. The van der Waals surface area contributed by atoms with Crippen LogP contribution in [0, 0.1) is 17.8 Å². The van der Waals surface area contributed by atoms with Gasteiger partial charge in [-0.3, -0.25) is 4.79 Å². The van der Waals surface area contributed by atoms with E-state index in [4.69, 9.17) is 10.8 Å². The molecule has 0 heterocycles. The molecular weight excluding hydrogens is 190 g/mol. The lowest BCUT2D eigenvalue weighted by molar-refractivity contribution is -0.138. The highest BCUT2D eigenvalue weighted by Gasteiger charge is 2.22. The van der Waals surface area contributed by atoms with Gasteiger partial charge in [0.05, 0.1) is 0 Å². The molecule has 3 heteroatoms. The quantitative estimate of drug-likeness (QED) is 0.681.